The second kappa shape index (κ2) is 5.36. The molecule has 2 aliphatic heterocycles. The van der Waals surface area contributed by atoms with Gasteiger partial charge in [-0.05, 0) is 39.8 Å². The molecular formula is C17H12ClN5S. The first-order valence-electron chi connectivity index (χ1n) is 7.57. The number of nitrogens with one attached hydrogen (secondary N) is 1. The predicted molar refractivity (Wildman–Crippen MR) is 95.1 cm³/mol. The van der Waals surface area contributed by atoms with Gasteiger partial charge in [0.25, 0.3) is 0 Å². The molecule has 1 atom stereocenters. The summed E-state index contributed by atoms with van der Waals surface area (Å²) in [5.41, 5.74) is 4.73. The van der Waals surface area contributed by atoms with Gasteiger partial charge in [-0.25, -0.2) is 0 Å². The van der Waals surface area contributed by atoms with Crippen molar-refractivity contribution in [2.75, 3.05) is 11.1 Å². The van der Waals surface area contributed by atoms with Crippen molar-refractivity contribution in [3.63, 3.8) is 0 Å². The highest BCUT2D eigenvalue weighted by molar-refractivity contribution is 7.99. The number of benzene rings is 2. The van der Waals surface area contributed by atoms with E-state index in [1.54, 1.807) is 0 Å². The molecule has 0 saturated carbocycles. The largest absolute Gasteiger partial charge is 0.322 e. The molecule has 7 heteroatoms. The van der Waals surface area contributed by atoms with E-state index in [9.17, 15) is 0 Å². The van der Waals surface area contributed by atoms with Crippen LogP contribution in [0.5, 0.6) is 0 Å². The van der Waals surface area contributed by atoms with E-state index < -0.39 is 0 Å². The molecule has 0 bridgehead atoms. The number of tetrazole rings is 1. The Morgan fingerprint density at radius 2 is 1.96 bits per heavy atom. The number of halogens is 1. The van der Waals surface area contributed by atoms with E-state index in [4.69, 9.17) is 11.6 Å². The van der Waals surface area contributed by atoms with Crippen LogP contribution in [0.25, 0.3) is 5.70 Å². The topological polar surface area (TPSA) is 55.6 Å². The summed E-state index contributed by atoms with van der Waals surface area (Å²) < 4.78 is 1.84. The van der Waals surface area contributed by atoms with Gasteiger partial charge in [0.1, 0.15) is 6.04 Å². The molecule has 24 heavy (non-hydrogen) atoms. The van der Waals surface area contributed by atoms with Crippen LogP contribution < -0.4 is 5.32 Å². The van der Waals surface area contributed by atoms with Crippen LogP contribution in [0.2, 0.25) is 5.02 Å². The Morgan fingerprint density at radius 1 is 1.12 bits per heavy atom. The molecule has 0 radical (unpaired) electrons. The summed E-state index contributed by atoms with van der Waals surface area (Å²) >= 11 is 7.91. The minimum Gasteiger partial charge on any atom is -0.322 e. The Labute approximate surface area is 147 Å². The molecule has 1 unspecified atom stereocenters. The van der Waals surface area contributed by atoms with Crippen molar-refractivity contribution < 1.29 is 0 Å². The molecule has 0 spiro atoms. The van der Waals surface area contributed by atoms with Crippen molar-refractivity contribution in [3.05, 3.63) is 70.3 Å². The lowest BCUT2D eigenvalue weighted by Crippen LogP contribution is -2.27. The highest BCUT2D eigenvalue weighted by Crippen LogP contribution is 2.45. The zero-order valence-electron chi connectivity index (χ0n) is 12.5. The fourth-order valence-electron chi connectivity index (χ4n) is 3.26. The third-order valence-electron chi connectivity index (χ3n) is 4.35. The van der Waals surface area contributed by atoms with Gasteiger partial charge in [0, 0.05) is 21.2 Å². The van der Waals surface area contributed by atoms with Crippen molar-refractivity contribution in [2.45, 2.75) is 10.9 Å². The smallest absolute Gasteiger partial charge is 0.248 e. The standard InChI is InChI=1S/C17H12ClN5S/c18-11-7-5-10(6-8-11)16-13-9-24-14-4-2-1-3-12(14)15(13)19-17-20-21-22-23(16)17/h1-8,16H,9H2,(H,19,20,22). The number of nitrogens with zero attached hydrogens (tertiary/aromatic N) is 4. The zero-order valence-corrected chi connectivity index (χ0v) is 14.1. The first-order chi connectivity index (χ1) is 11.8. The van der Waals surface area contributed by atoms with Crippen LogP contribution >= 0.6 is 23.4 Å². The van der Waals surface area contributed by atoms with E-state index in [2.05, 4.69) is 45.1 Å². The van der Waals surface area contributed by atoms with E-state index in [1.807, 2.05) is 40.7 Å². The van der Waals surface area contributed by atoms with Gasteiger partial charge in [-0.3, -0.25) is 0 Å². The number of hydrogen-bond donors (Lipinski definition) is 1. The van der Waals surface area contributed by atoms with Crippen molar-refractivity contribution in [2.24, 2.45) is 0 Å². The Balaban J connectivity index is 1.73. The van der Waals surface area contributed by atoms with E-state index >= 15 is 0 Å². The van der Waals surface area contributed by atoms with Gasteiger partial charge < -0.3 is 5.32 Å². The monoisotopic (exact) mass is 353 g/mol. The van der Waals surface area contributed by atoms with Gasteiger partial charge in [-0.2, -0.15) is 4.68 Å². The highest BCUT2D eigenvalue weighted by Gasteiger charge is 2.34. The molecule has 2 aromatic carbocycles. The number of anilines is 1. The van der Waals surface area contributed by atoms with Gasteiger partial charge >= 0.3 is 0 Å². The lowest BCUT2D eigenvalue weighted by Gasteiger charge is -2.33. The first kappa shape index (κ1) is 14.1. The Morgan fingerprint density at radius 3 is 2.83 bits per heavy atom. The summed E-state index contributed by atoms with van der Waals surface area (Å²) in [5.74, 6) is 1.56. The molecule has 0 fully saturated rings. The highest BCUT2D eigenvalue weighted by atomic mass is 35.5. The Hall–Kier alpha value is -2.31. The van der Waals surface area contributed by atoms with Crippen molar-refractivity contribution in [3.8, 4) is 0 Å². The molecule has 3 heterocycles. The number of fused-ring (bicyclic) bond motifs is 3. The van der Waals surface area contributed by atoms with E-state index in [1.165, 1.54) is 16.0 Å². The van der Waals surface area contributed by atoms with Crippen molar-refractivity contribution in [1.29, 1.82) is 0 Å². The lowest BCUT2D eigenvalue weighted by atomic mass is 9.94. The summed E-state index contributed by atoms with van der Waals surface area (Å²) in [6.07, 6.45) is 0. The minimum atomic E-state index is -0.0237. The molecule has 2 aliphatic rings. The molecule has 1 aromatic heterocycles. The molecule has 5 rings (SSSR count). The molecular weight excluding hydrogens is 342 g/mol. The Bertz CT molecular complexity index is 963. The maximum absolute atomic E-state index is 6.06. The lowest BCUT2D eigenvalue weighted by molar-refractivity contribution is 0.563. The molecule has 0 amide bonds. The van der Waals surface area contributed by atoms with Crippen molar-refractivity contribution in [1.82, 2.24) is 20.2 Å². The second-order valence-corrected chi connectivity index (χ2v) is 7.16. The van der Waals surface area contributed by atoms with Crippen LogP contribution in [0.1, 0.15) is 17.2 Å². The summed E-state index contributed by atoms with van der Waals surface area (Å²) in [4.78, 5) is 1.28. The average molecular weight is 354 g/mol. The molecule has 0 saturated heterocycles. The fourth-order valence-corrected chi connectivity index (χ4v) is 4.50. The number of hydrogen-bond acceptors (Lipinski definition) is 5. The first-order valence-corrected chi connectivity index (χ1v) is 8.93. The fraction of sp³-hybridized carbons (Fsp3) is 0.118. The summed E-state index contributed by atoms with van der Waals surface area (Å²) in [6, 6.07) is 16.3. The average Bonchev–Trinajstić information content (AvgIpc) is 3.09. The van der Waals surface area contributed by atoms with Gasteiger partial charge in [-0.15, -0.1) is 11.8 Å². The summed E-state index contributed by atoms with van der Waals surface area (Å²) in [5, 5.41) is 16.3. The molecule has 118 valence electrons. The van der Waals surface area contributed by atoms with Crippen LogP contribution in [0.3, 0.4) is 0 Å². The van der Waals surface area contributed by atoms with E-state index in [-0.39, 0.29) is 6.04 Å². The summed E-state index contributed by atoms with van der Waals surface area (Å²) in [6.45, 7) is 0. The van der Waals surface area contributed by atoms with Crippen LogP contribution in [-0.2, 0) is 0 Å². The van der Waals surface area contributed by atoms with Gasteiger partial charge in [0.15, 0.2) is 0 Å². The van der Waals surface area contributed by atoms with Gasteiger partial charge in [-0.1, -0.05) is 47.0 Å². The van der Waals surface area contributed by atoms with Gasteiger partial charge in [0.05, 0.1) is 5.70 Å². The second-order valence-electron chi connectivity index (χ2n) is 5.71. The van der Waals surface area contributed by atoms with E-state index in [0.29, 0.717) is 5.95 Å². The Kier molecular flexibility index (Phi) is 3.14. The third kappa shape index (κ3) is 2.07. The van der Waals surface area contributed by atoms with Crippen LogP contribution in [0, 0.1) is 0 Å². The number of rotatable bonds is 1. The zero-order chi connectivity index (χ0) is 16.1. The normalized spacial score (nSPS) is 18.5. The summed E-state index contributed by atoms with van der Waals surface area (Å²) in [7, 11) is 0. The minimum absolute atomic E-state index is 0.0237. The predicted octanol–water partition coefficient (Wildman–Crippen LogP) is 3.86. The molecule has 1 N–H and O–H groups in total. The quantitative estimate of drug-likeness (QED) is 0.720. The number of thioether (sulfide) groups is 1. The molecule has 5 nitrogen and oxygen atoms in total. The van der Waals surface area contributed by atoms with E-state index in [0.717, 1.165) is 22.0 Å². The third-order valence-corrected chi connectivity index (χ3v) is 5.72. The number of aromatic nitrogens is 4. The van der Waals surface area contributed by atoms with Crippen molar-refractivity contribution >= 4 is 35.0 Å². The van der Waals surface area contributed by atoms with Gasteiger partial charge in [0.2, 0.25) is 5.95 Å². The van der Waals surface area contributed by atoms with Crippen LogP contribution in [0.15, 0.2) is 59.0 Å². The molecule has 0 aliphatic carbocycles. The molecule has 3 aromatic rings. The van der Waals surface area contributed by atoms with Crippen LogP contribution in [0.4, 0.5) is 5.95 Å². The van der Waals surface area contributed by atoms with Crippen LogP contribution in [-0.4, -0.2) is 26.0 Å². The maximum atomic E-state index is 6.06. The maximum Gasteiger partial charge on any atom is 0.248 e. The SMILES string of the molecule is Clc1ccc(C2C3=C(Nc4nnnn42)c2ccccc2SC3)cc1.